The third kappa shape index (κ3) is 2.93. The van der Waals surface area contributed by atoms with Crippen LogP contribution in [0.1, 0.15) is 42.0 Å². The van der Waals surface area contributed by atoms with Gasteiger partial charge in [0.25, 0.3) is 0 Å². The zero-order valence-electron chi connectivity index (χ0n) is 16.9. The Balaban J connectivity index is 1.80. The average Bonchev–Trinajstić information content (AvgIpc) is 3.48. The summed E-state index contributed by atoms with van der Waals surface area (Å²) in [6, 6.07) is 7.77. The van der Waals surface area contributed by atoms with Crippen molar-refractivity contribution in [1.82, 2.24) is 9.88 Å². The Morgan fingerprint density at radius 1 is 1.13 bits per heavy atom. The minimum atomic E-state index is -4.28. The number of alkyl halides is 3. The van der Waals surface area contributed by atoms with E-state index in [4.69, 9.17) is 11.1 Å². The van der Waals surface area contributed by atoms with Gasteiger partial charge in [0, 0.05) is 42.0 Å². The molecule has 2 heterocycles. The van der Waals surface area contributed by atoms with E-state index in [-0.39, 0.29) is 24.2 Å². The molecule has 1 saturated heterocycles. The van der Waals surface area contributed by atoms with Crippen LogP contribution in [0.4, 0.5) is 13.2 Å². The predicted molar refractivity (Wildman–Crippen MR) is 107 cm³/mol. The summed E-state index contributed by atoms with van der Waals surface area (Å²) in [4.78, 5) is 6.20. The highest BCUT2D eigenvalue weighted by molar-refractivity contribution is 5.94. The summed E-state index contributed by atoms with van der Waals surface area (Å²) < 4.78 is 40.5. The summed E-state index contributed by atoms with van der Waals surface area (Å²) in [5, 5.41) is 19.7. The first kappa shape index (κ1) is 20.8. The Morgan fingerprint density at radius 2 is 1.73 bits per heavy atom. The molecule has 5 nitrogen and oxygen atoms in total. The van der Waals surface area contributed by atoms with Crippen molar-refractivity contribution >= 4 is 5.84 Å². The van der Waals surface area contributed by atoms with Crippen molar-refractivity contribution in [2.45, 2.75) is 37.0 Å². The summed E-state index contributed by atoms with van der Waals surface area (Å²) in [5.74, 6) is -0.168. The zero-order chi connectivity index (χ0) is 21.9. The molecule has 0 radical (unpaired) electrons. The van der Waals surface area contributed by atoms with Crippen LogP contribution in [0.25, 0.3) is 0 Å². The van der Waals surface area contributed by atoms with Crippen molar-refractivity contribution in [2.24, 2.45) is 11.1 Å². The number of nitrogens with one attached hydrogen (secondary N) is 1. The lowest BCUT2D eigenvalue weighted by atomic mass is 9.62. The Kier molecular flexibility index (Phi) is 4.52. The van der Waals surface area contributed by atoms with E-state index in [0.29, 0.717) is 29.8 Å². The maximum atomic E-state index is 13.5. The second kappa shape index (κ2) is 6.52. The van der Waals surface area contributed by atoms with E-state index in [1.807, 2.05) is 14.0 Å². The lowest BCUT2D eigenvalue weighted by Gasteiger charge is -2.55. The molecule has 1 aliphatic heterocycles. The summed E-state index contributed by atoms with van der Waals surface area (Å²) in [5.41, 5.74) is 3.35. The molecule has 4 N–H and O–H groups in total. The first-order valence-corrected chi connectivity index (χ1v) is 9.82. The van der Waals surface area contributed by atoms with Crippen LogP contribution in [0.15, 0.2) is 42.7 Å². The zero-order valence-corrected chi connectivity index (χ0v) is 16.9. The maximum absolute atomic E-state index is 13.5. The molecule has 8 heteroatoms. The third-order valence-electron chi connectivity index (χ3n) is 6.73. The summed E-state index contributed by atoms with van der Waals surface area (Å²) in [7, 11) is 1.94. The highest BCUT2D eigenvalue weighted by Gasteiger charge is 2.64. The number of nitrogens with two attached hydrogens (primary N) is 1. The van der Waals surface area contributed by atoms with Gasteiger partial charge < -0.3 is 15.7 Å². The fraction of sp³-hybridized carbons (Fsp3) is 0.455. The van der Waals surface area contributed by atoms with Crippen molar-refractivity contribution in [2.75, 3.05) is 20.1 Å². The molecule has 1 aromatic heterocycles. The van der Waals surface area contributed by atoms with Gasteiger partial charge in [-0.25, -0.2) is 0 Å². The van der Waals surface area contributed by atoms with Crippen molar-refractivity contribution in [1.29, 1.82) is 5.41 Å². The summed E-state index contributed by atoms with van der Waals surface area (Å²) in [6.45, 7) is 3.14. The van der Waals surface area contributed by atoms with Gasteiger partial charge in [-0.05, 0) is 37.1 Å². The Bertz CT molecular complexity index is 979. The van der Waals surface area contributed by atoms with Crippen molar-refractivity contribution in [3.05, 3.63) is 65.0 Å². The van der Waals surface area contributed by atoms with Gasteiger partial charge in [-0.15, -0.1) is 0 Å². The highest BCUT2D eigenvalue weighted by Crippen LogP contribution is 2.59. The van der Waals surface area contributed by atoms with Crippen LogP contribution < -0.4 is 5.73 Å². The lowest BCUT2D eigenvalue weighted by Crippen LogP contribution is -2.63. The van der Waals surface area contributed by atoms with Crippen LogP contribution in [-0.4, -0.2) is 47.1 Å². The number of nitrogen functional groups attached to an aromatic ring is 1. The summed E-state index contributed by atoms with van der Waals surface area (Å²) in [6.07, 6.45) is -1.12. The monoisotopic (exact) mass is 418 g/mol. The molecule has 2 aliphatic rings. The first-order valence-electron chi connectivity index (χ1n) is 9.82. The number of nitrogens with zero attached hydrogens (tertiary/aromatic N) is 2. The largest absolute Gasteiger partial charge is 0.398 e. The number of aromatic nitrogens is 1. The Morgan fingerprint density at radius 3 is 2.20 bits per heavy atom. The molecule has 0 unspecified atom stereocenters. The number of likely N-dealkylation sites (tertiary alicyclic amines) is 1. The number of pyridine rings is 1. The van der Waals surface area contributed by atoms with E-state index in [9.17, 15) is 18.3 Å². The van der Waals surface area contributed by atoms with Gasteiger partial charge in [0.2, 0.25) is 0 Å². The summed E-state index contributed by atoms with van der Waals surface area (Å²) >= 11 is 0. The Hall–Kier alpha value is -2.45. The smallest absolute Gasteiger partial charge is 0.384 e. The first-order chi connectivity index (χ1) is 13.9. The molecule has 1 aromatic carbocycles. The van der Waals surface area contributed by atoms with E-state index in [0.717, 1.165) is 0 Å². The van der Waals surface area contributed by atoms with Gasteiger partial charge in [-0.1, -0.05) is 31.2 Å². The fourth-order valence-electron chi connectivity index (χ4n) is 4.91. The lowest BCUT2D eigenvalue weighted by molar-refractivity contribution is -0.160. The quantitative estimate of drug-likeness (QED) is 0.514. The SMILES string of the molecule is CN1CC(C)([C@](O)(c2ccc(C3(C(F)(F)F)CC3)cc2)c2cncc(C(=N)N)c2)C1. The minimum absolute atomic E-state index is 0.0905. The van der Waals surface area contributed by atoms with Crippen molar-refractivity contribution in [3.63, 3.8) is 0 Å². The average molecular weight is 418 g/mol. The van der Waals surface area contributed by atoms with Crippen LogP contribution in [0.2, 0.25) is 0 Å². The number of hydrogen-bond donors (Lipinski definition) is 3. The topological polar surface area (TPSA) is 86.2 Å². The van der Waals surface area contributed by atoms with Gasteiger partial charge in [0.05, 0.1) is 5.41 Å². The molecule has 0 bridgehead atoms. The maximum Gasteiger partial charge on any atom is 0.398 e. The molecule has 0 amide bonds. The molecule has 4 rings (SSSR count). The molecule has 2 aromatic rings. The van der Waals surface area contributed by atoms with Crippen LogP contribution in [0, 0.1) is 10.8 Å². The second-order valence-corrected chi connectivity index (χ2v) is 8.98. The minimum Gasteiger partial charge on any atom is -0.384 e. The fourth-order valence-corrected chi connectivity index (χ4v) is 4.91. The molecular formula is C22H25F3N4O. The predicted octanol–water partition coefficient (Wildman–Crippen LogP) is 3.15. The van der Waals surface area contributed by atoms with Crippen LogP contribution >= 0.6 is 0 Å². The molecule has 160 valence electrons. The van der Waals surface area contributed by atoms with E-state index in [2.05, 4.69) is 9.88 Å². The number of benzene rings is 1. The van der Waals surface area contributed by atoms with Gasteiger partial charge in [0.15, 0.2) is 0 Å². The molecule has 1 saturated carbocycles. The van der Waals surface area contributed by atoms with Gasteiger partial charge in [0.1, 0.15) is 11.4 Å². The van der Waals surface area contributed by atoms with Crippen molar-refractivity contribution < 1.29 is 18.3 Å². The standard InChI is InChI=1S/C22H25F3N4O/c1-19(12-29(2)13-19)21(30,17-9-14(18(26)27)10-28-11-17)16-5-3-15(4-6-16)20(7-8-20)22(23,24)25/h3-6,9-11,30H,7-8,12-13H2,1-2H3,(H3,26,27)/t21-/m0/s1. The van der Waals surface area contributed by atoms with E-state index in [1.165, 1.54) is 24.5 Å². The number of halogens is 3. The number of hydrogen-bond acceptors (Lipinski definition) is 4. The normalized spacial score (nSPS) is 22.1. The van der Waals surface area contributed by atoms with Gasteiger partial charge >= 0.3 is 6.18 Å². The molecular weight excluding hydrogens is 393 g/mol. The Labute approximate surface area is 173 Å². The second-order valence-electron chi connectivity index (χ2n) is 8.98. The van der Waals surface area contributed by atoms with E-state index >= 15 is 0 Å². The van der Waals surface area contributed by atoms with Gasteiger partial charge in [-0.2, -0.15) is 13.2 Å². The highest BCUT2D eigenvalue weighted by atomic mass is 19.4. The molecule has 1 atom stereocenters. The molecule has 30 heavy (non-hydrogen) atoms. The van der Waals surface area contributed by atoms with Crippen molar-refractivity contribution in [3.8, 4) is 0 Å². The van der Waals surface area contributed by atoms with Crippen LogP contribution in [0.3, 0.4) is 0 Å². The molecule has 0 spiro atoms. The molecule has 1 aliphatic carbocycles. The van der Waals surface area contributed by atoms with Gasteiger partial charge in [-0.3, -0.25) is 10.4 Å². The van der Waals surface area contributed by atoms with Crippen LogP contribution in [0.5, 0.6) is 0 Å². The third-order valence-corrected chi connectivity index (χ3v) is 6.73. The number of rotatable bonds is 5. The van der Waals surface area contributed by atoms with Crippen LogP contribution in [-0.2, 0) is 11.0 Å². The van der Waals surface area contributed by atoms with E-state index in [1.54, 1.807) is 18.2 Å². The van der Waals surface area contributed by atoms with E-state index < -0.39 is 22.6 Å². The number of amidine groups is 1. The number of aliphatic hydroxyl groups is 1. The molecule has 2 fully saturated rings.